The number of anilines is 1. The zero-order valence-corrected chi connectivity index (χ0v) is 18.0. The van der Waals surface area contributed by atoms with Gasteiger partial charge < -0.3 is 25.0 Å². The van der Waals surface area contributed by atoms with Crippen LogP contribution in [0.25, 0.3) is 0 Å². The summed E-state index contributed by atoms with van der Waals surface area (Å²) in [6.07, 6.45) is 3.19. The summed E-state index contributed by atoms with van der Waals surface area (Å²) in [4.78, 5) is 14.8. The number of methoxy groups -OCH3 is 1. The third-order valence-corrected chi connectivity index (χ3v) is 5.34. The molecule has 0 aromatic heterocycles. The largest absolute Gasteiger partial charge is 0.497 e. The summed E-state index contributed by atoms with van der Waals surface area (Å²) >= 11 is 0. The minimum atomic E-state index is -0.139. The van der Waals surface area contributed by atoms with Crippen molar-refractivity contribution in [3.8, 4) is 5.75 Å². The molecule has 2 amide bonds. The Morgan fingerprint density at radius 2 is 1.80 bits per heavy atom. The van der Waals surface area contributed by atoms with Crippen LogP contribution in [0.2, 0.25) is 0 Å². The highest BCUT2D eigenvalue weighted by Gasteiger charge is 2.20. The molecule has 162 valence electrons. The number of nitrogens with one attached hydrogen (secondary N) is 2. The molecule has 1 aliphatic heterocycles. The van der Waals surface area contributed by atoms with Gasteiger partial charge in [0.05, 0.1) is 20.3 Å². The van der Waals surface area contributed by atoms with E-state index < -0.39 is 0 Å². The van der Waals surface area contributed by atoms with E-state index in [0.717, 1.165) is 55.0 Å². The van der Waals surface area contributed by atoms with Crippen LogP contribution in [0.3, 0.4) is 0 Å². The number of amides is 2. The quantitative estimate of drug-likeness (QED) is 0.642. The summed E-state index contributed by atoms with van der Waals surface area (Å²) in [6.45, 7) is 6.47. The summed E-state index contributed by atoms with van der Waals surface area (Å²) in [6, 6.07) is 15.7. The number of piperidine rings is 1. The zero-order chi connectivity index (χ0) is 21.2. The van der Waals surface area contributed by atoms with Crippen LogP contribution in [-0.4, -0.2) is 43.7 Å². The van der Waals surface area contributed by atoms with E-state index in [0.29, 0.717) is 13.2 Å². The highest BCUT2D eigenvalue weighted by Crippen LogP contribution is 2.15. The number of rotatable bonds is 9. The van der Waals surface area contributed by atoms with E-state index in [1.54, 1.807) is 7.11 Å². The summed E-state index contributed by atoms with van der Waals surface area (Å²) < 4.78 is 11.0. The van der Waals surface area contributed by atoms with Crippen molar-refractivity contribution in [3.63, 3.8) is 0 Å². The van der Waals surface area contributed by atoms with Gasteiger partial charge in [-0.1, -0.05) is 31.2 Å². The van der Waals surface area contributed by atoms with E-state index in [4.69, 9.17) is 9.47 Å². The monoisotopic (exact) mass is 411 g/mol. The lowest BCUT2D eigenvalue weighted by molar-refractivity contribution is 0.107. The van der Waals surface area contributed by atoms with Crippen LogP contribution in [0, 0.1) is 0 Å². The second kappa shape index (κ2) is 11.6. The Bertz CT molecular complexity index is 787. The average molecular weight is 412 g/mol. The minimum absolute atomic E-state index is 0.139. The van der Waals surface area contributed by atoms with Gasteiger partial charge in [-0.15, -0.1) is 0 Å². The molecule has 6 nitrogen and oxygen atoms in total. The van der Waals surface area contributed by atoms with Crippen LogP contribution >= 0.6 is 0 Å². The third-order valence-electron chi connectivity index (χ3n) is 5.34. The standard InChI is InChI=1S/C24H33N3O3/c1-3-13-27-14-11-21(12-15-27)25-24(28)26-22-6-4-5-20(16-22)18-30-17-19-7-9-23(29-2)10-8-19/h4-10,16,21H,3,11-15,17-18H2,1-2H3,(H2,25,26,28). The normalized spacial score (nSPS) is 15.0. The molecule has 0 bridgehead atoms. The Kier molecular flexibility index (Phi) is 8.53. The maximum absolute atomic E-state index is 12.4. The Labute approximate surface area is 179 Å². The first-order valence-electron chi connectivity index (χ1n) is 10.8. The predicted octanol–water partition coefficient (Wildman–Crippen LogP) is 4.41. The average Bonchev–Trinajstić information content (AvgIpc) is 2.76. The van der Waals surface area contributed by atoms with E-state index >= 15 is 0 Å². The fraction of sp³-hybridized carbons (Fsp3) is 0.458. The summed E-state index contributed by atoms with van der Waals surface area (Å²) in [5.74, 6) is 0.835. The molecule has 0 atom stereocenters. The number of carbonyl (C=O) groups excluding carboxylic acids is 1. The van der Waals surface area contributed by atoms with E-state index in [1.807, 2.05) is 48.5 Å². The van der Waals surface area contributed by atoms with Crippen LogP contribution in [0.15, 0.2) is 48.5 Å². The molecule has 30 heavy (non-hydrogen) atoms. The lowest BCUT2D eigenvalue weighted by Crippen LogP contribution is -2.46. The topological polar surface area (TPSA) is 62.8 Å². The summed E-state index contributed by atoms with van der Waals surface area (Å²) in [7, 11) is 1.66. The summed E-state index contributed by atoms with van der Waals surface area (Å²) in [5.41, 5.74) is 2.89. The van der Waals surface area contributed by atoms with Crippen LogP contribution in [-0.2, 0) is 18.0 Å². The van der Waals surface area contributed by atoms with Gasteiger partial charge in [0.1, 0.15) is 5.75 Å². The van der Waals surface area contributed by atoms with Crippen molar-refractivity contribution < 1.29 is 14.3 Å². The smallest absolute Gasteiger partial charge is 0.319 e. The van der Waals surface area contributed by atoms with Crippen molar-refractivity contribution in [1.29, 1.82) is 0 Å². The molecular formula is C24H33N3O3. The highest BCUT2D eigenvalue weighted by atomic mass is 16.5. The number of hydrogen-bond donors (Lipinski definition) is 2. The lowest BCUT2D eigenvalue weighted by Gasteiger charge is -2.32. The fourth-order valence-electron chi connectivity index (χ4n) is 3.72. The van der Waals surface area contributed by atoms with Crippen LogP contribution < -0.4 is 15.4 Å². The van der Waals surface area contributed by atoms with Gasteiger partial charge in [0.2, 0.25) is 0 Å². The second-order valence-corrected chi connectivity index (χ2v) is 7.76. The molecule has 0 spiro atoms. The number of ether oxygens (including phenoxy) is 2. The van der Waals surface area contributed by atoms with Crippen molar-refractivity contribution in [2.75, 3.05) is 32.1 Å². The van der Waals surface area contributed by atoms with E-state index in [1.165, 1.54) is 6.42 Å². The number of hydrogen-bond acceptors (Lipinski definition) is 4. The molecule has 0 radical (unpaired) electrons. The second-order valence-electron chi connectivity index (χ2n) is 7.76. The number of nitrogens with zero attached hydrogens (tertiary/aromatic N) is 1. The molecule has 1 aliphatic rings. The highest BCUT2D eigenvalue weighted by molar-refractivity contribution is 5.89. The molecule has 1 fully saturated rings. The molecule has 0 saturated carbocycles. The van der Waals surface area contributed by atoms with E-state index in [2.05, 4.69) is 22.5 Å². The maximum Gasteiger partial charge on any atom is 0.319 e. The van der Waals surface area contributed by atoms with E-state index in [9.17, 15) is 4.79 Å². The van der Waals surface area contributed by atoms with E-state index in [-0.39, 0.29) is 12.1 Å². The number of likely N-dealkylation sites (tertiary alicyclic amines) is 1. The Balaban J connectivity index is 1.41. The number of urea groups is 1. The number of benzene rings is 2. The van der Waals surface area contributed by atoms with Crippen LogP contribution in [0.4, 0.5) is 10.5 Å². The Morgan fingerprint density at radius 3 is 2.50 bits per heavy atom. The molecule has 6 heteroatoms. The van der Waals surface area contributed by atoms with Gasteiger partial charge in [-0.25, -0.2) is 4.79 Å². The molecule has 0 aliphatic carbocycles. The molecule has 3 rings (SSSR count). The van der Waals surface area contributed by atoms with Crippen molar-refractivity contribution in [3.05, 3.63) is 59.7 Å². The first-order valence-corrected chi connectivity index (χ1v) is 10.8. The zero-order valence-electron chi connectivity index (χ0n) is 18.0. The van der Waals surface area contributed by atoms with Gasteiger partial charge in [0.15, 0.2) is 0 Å². The summed E-state index contributed by atoms with van der Waals surface area (Å²) in [5, 5.41) is 6.06. The van der Waals surface area contributed by atoms with Gasteiger partial charge >= 0.3 is 6.03 Å². The van der Waals surface area contributed by atoms with Gasteiger partial charge in [-0.2, -0.15) is 0 Å². The Morgan fingerprint density at radius 1 is 1.07 bits per heavy atom. The van der Waals surface area contributed by atoms with Gasteiger partial charge in [-0.05, 0) is 61.2 Å². The van der Waals surface area contributed by atoms with Gasteiger partial charge in [0, 0.05) is 24.8 Å². The van der Waals surface area contributed by atoms with Crippen LogP contribution in [0.5, 0.6) is 5.75 Å². The van der Waals surface area contributed by atoms with Crippen molar-refractivity contribution in [2.45, 2.75) is 45.4 Å². The van der Waals surface area contributed by atoms with Crippen LogP contribution in [0.1, 0.15) is 37.3 Å². The molecule has 1 saturated heterocycles. The SMILES string of the molecule is CCCN1CCC(NC(=O)Nc2cccc(COCc3ccc(OC)cc3)c2)CC1. The predicted molar refractivity (Wildman–Crippen MR) is 120 cm³/mol. The molecule has 2 aromatic rings. The third kappa shape index (κ3) is 7.04. The van der Waals surface area contributed by atoms with Crippen molar-refractivity contribution in [2.24, 2.45) is 0 Å². The minimum Gasteiger partial charge on any atom is -0.497 e. The van der Waals surface area contributed by atoms with Gasteiger partial charge in [-0.3, -0.25) is 0 Å². The molecule has 2 aromatic carbocycles. The molecule has 1 heterocycles. The number of carbonyl (C=O) groups is 1. The molecular weight excluding hydrogens is 378 g/mol. The molecule has 0 unspecified atom stereocenters. The first kappa shape index (κ1) is 22.1. The first-order chi connectivity index (χ1) is 14.7. The van der Waals surface area contributed by atoms with Crippen molar-refractivity contribution >= 4 is 11.7 Å². The lowest BCUT2D eigenvalue weighted by atomic mass is 10.1. The van der Waals surface area contributed by atoms with Crippen molar-refractivity contribution in [1.82, 2.24) is 10.2 Å². The molecule has 2 N–H and O–H groups in total. The van der Waals surface area contributed by atoms with Gasteiger partial charge in [0.25, 0.3) is 0 Å². The Hall–Kier alpha value is -2.57. The fourth-order valence-corrected chi connectivity index (χ4v) is 3.72. The maximum atomic E-state index is 12.4.